The Balaban J connectivity index is 1.98. The van der Waals surface area contributed by atoms with Crippen molar-refractivity contribution >= 4 is 23.1 Å². The Morgan fingerprint density at radius 1 is 1.04 bits per heavy atom. The monoisotopic (exact) mass is 323 g/mol. The van der Waals surface area contributed by atoms with Gasteiger partial charge in [-0.05, 0) is 30.7 Å². The first-order valence-electron chi connectivity index (χ1n) is 7.04. The molecule has 6 heteroatoms. The number of aromatic nitrogens is 3. The molecular formula is C17H14ClN5. The predicted molar refractivity (Wildman–Crippen MR) is 91.7 cm³/mol. The van der Waals surface area contributed by atoms with Gasteiger partial charge in [-0.3, -0.25) is 10.4 Å². The van der Waals surface area contributed by atoms with Crippen LogP contribution in [0, 0.1) is 6.92 Å². The maximum Gasteiger partial charge on any atom is 0.171 e. The summed E-state index contributed by atoms with van der Waals surface area (Å²) >= 11 is 5.82. The molecule has 5 nitrogen and oxygen atoms in total. The molecule has 1 aromatic carbocycles. The molecule has 0 saturated heterocycles. The molecular weight excluding hydrogens is 310 g/mol. The summed E-state index contributed by atoms with van der Waals surface area (Å²) in [5.41, 5.74) is 6.27. The minimum Gasteiger partial charge on any atom is -0.259 e. The second-order valence-corrected chi connectivity index (χ2v) is 5.24. The molecule has 0 spiro atoms. The van der Waals surface area contributed by atoms with Crippen LogP contribution in [0.1, 0.15) is 16.8 Å². The second kappa shape index (κ2) is 6.98. The fraction of sp³-hybridized carbons (Fsp3) is 0.0588. The summed E-state index contributed by atoms with van der Waals surface area (Å²) in [6, 6.07) is 17.3. The lowest BCUT2D eigenvalue weighted by Gasteiger charge is -2.08. The Kier molecular flexibility index (Phi) is 4.59. The molecule has 0 aliphatic carbocycles. The molecule has 0 radical (unpaired) electrons. The fourth-order valence-corrected chi connectivity index (χ4v) is 2.24. The molecule has 0 aliphatic rings. The second-order valence-electron chi connectivity index (χ2n) is 4.85. The summed E-state index contributed by atoms with van der Waals surface area (Å²) in [6.45, 7) is 1.89. The number of anilines is 1. The molecule has 0 saturated carbocycles. The van der Waals surface area contributed by atoms with Gasteiger partial charge in [0.2, 0.25) is 0 Å². The average Bonchev–Trinajstić information content (AvgIpc) is 2.59. The van der Waals surface area contributed by atoms with Gasteiger partial charge >= 0.3 is 0 Å². The van der Waals surface area contributed by atoms with E-state index in [1.54, 1.807) is 12.3 Å². The number of aryl methyl sites for hydroxylation is 1. The van der Waals surface area contributed by atoms with Gasteiger partial charge < -0.3 is 0 Å². The Hall–Kier alpha value is -2.79. The van der Waals surface area contributed by atoms with Crippen molar-refractivity contribution in [1.82, 2.24) is 15.2 Å². The molecule has 0 aliphatic heterocycles. The third-order valence-electron chi connectivity index (χ3n) is 3.18. The minimum atomic E-state index is 0.352. The Bertz CT molecular complexity index is 777. The predicted octanol–water partition coefficient (Wildman–Crippen LogP) is 3.70. The number of rotatable bonds is 4. The summed E-state index contributed by atoms with van der Waals surface area (Å²) in [5.74, 6) is 0.554. The van der Waals surface area contributed by atoms with Crippen LogP contribution in [-0.4, -0.2) is 20.9 Å². The molecule has 2 aromatic heterocycles. The minimum absolute atomic E-state index is 0.352. The van der Waals surface area contributed by atoms with Crippen LogP contribution >= 0.6 is 11.6 Å². The fourth-order valence-electron chi connectivity index (χ4n) is 2.04. The lowest BCUT2D eigenvalue weighted by atomic mass is 10.1. The molecule has 0 amide bonds. The third-order valence-corrected chi connectivity index (χ3v) is 3.37. The third kappa shape index (κ3) is 3.70. The molecule has 1 N–H and O–H groups in total. The van der Waals surface area contributed by atoms with Crippen LogP contribution in [0.15, 0.2) is 65.9 Å². The number of halogens is 1. The number of nitrogens with one attached hydrogen (secondary N) is 1. The molecule has 2 heterocycles. The maximum absolute atomic E-state index is 5.82. The zero-order chi connectivity index (χ0) is 16.1. The van der Waals surface area contributed by atoms with Crippen LogP contribution in [0.5, 0.6) is 0 Å². The van der Waals surface area contributed by atoms with Gasteiger partial charge in [-0.25, -0.2) is 0 Å². The van der Waals surface area contributed by atoms with Gasteiger partial charge in [0, 0.05) is 11.8 Å². The van der Waals surface area contributed by atoms with Crippen LogP contribution in [-0.2, 0) is 0 Å². The van der Waals surface area contributed by atoms with E-state index in [1.807, 2.05) is 55.5 Å². The lowest BCUT2D eigenvalue weighted by Crippen LogP contribution is -2.09. The van der Waals surface area contributed by atoms with Gasteiger partial charge in [-0.1, -0.05) is 48.0 Å². The van der Waals surface area contributed by atoms with Gasteiger partial charge in [-0.15, -0.1) is 10.2 Å². The van der Waals surface area contributed by atoms with Gasteiger partial charge in [-0.2, -0.15) is 5.10 Å². The number of pyridine rings is 1. The normalized spacial score (nSPS) is 11.3. The average molecular weight is 324 g/mol. The Labute approximate surface area is 139 Å². The quantitative estimate of drug-likeness (QED) is 0.587. The van der Waals surface area contributed by atoms with Crippen LogP contribution in [0.4, 0.5) is 5.82 Å². The van der Waals surface area contributed by atoms with Crippen molar-refractivity contribution in [3.05, 3.63) is 82.8 Å². The molecule has 0 fully saturated rings. The number of hydrazone groups is 1. The first-order valence-corrected chi connectivity index (χ1v) is 7.42. The van der Waals surface area contributed by atoms with Gasteiger partial charge in [0.15, 0.2) is 11.0 Å². The topological polar surface area (TPSA) is 63.1 Å². The molecule has 3 rings (SSSR count). The van der Waals surface area contributed by atoms with E-state index >= 15 is 0 Å². The highest BCUT2D eigenvalue weighted by atomic mass is 35.5. The van der Waals surface area contributed by atoms with Crippen molar-refractivity contribution in [2.45, 2.75) is 6.92 Å². The standard InChI is InChI=1S/C17H14ClN5/c1-12-11-15(18)20-22-17(12)23-21-16(13-7-3-2-4-8-13)14-9-5-6-10-19-14/h2-11H,1H3,(H,22,23)/b21-16-. The highest BCUT2D eigenvalue weighted by molar-refractivity contribution is 6.29. The van der Waals surface area contributed by atoms with Crippen molar-refractivity contribution < 1.29 is 0 Å². The summed E-state index contributed by atoms with van der Waals surface area (Å²) in [5, 5.41) is 12.7. The van der Waals surface area contributed by atoms with E-state index in [1.165, 1.54) is 0 Å². The zero-order valence-corrected chi connectivity index (χ0v) is 13.2. The van der Waals surface area contributed by atoms with Crippen molar-refractivity contribution in [2.75, 3.05) is 5.43 Å². The Morgan fingerprint density at radius 3 is 2.52 bits per heavy atom. The number of hydrogen-bond donors (Lipinski definition) is 1. The first kappa shape index (κ1) is 15.1. The van der Waals surface area contributed by atoms with E-state index in [0.717, 1.165) is 22.5 Å². The molecule has 0 bridgehead atoms. The van der Waals surface area contributed by atoms with E-state index in [9.17, 15) is 0 Å². The molecule has 0 atom stereocenters. The van der Waals surface area contributed by atoms with Crippen LogP contribution in [0.3, 0.4) is 0 Å². The van der Waals surface area contributed by atoms with E-state index in [4.69, 9.17) is 11.6 Å². The van der Waals surface area contributed by atoms with E-state index in [0.29, 0.717) is 11.0 Å². The smallest absolute Gasteiger partial charge is 0.171 e. The highest BCUT2D eigenvalue weighted by Crippen LogP contribution is 2.15. The lowest BCUT2D eigenvalue weighted by molar-refractivity contribution is 1.00. The van der Waals surface area contributed by atoms with Crippen molar-refractivity contribution in [3.8, 4) is 0 Å². The van der Waals surface area contributed by atoms with Gasteiger partial charge in [0.05, 0.1) is 5.69 Å². The molecule has 23 heavy (non-hydrogen) atoms. The molecule has 0 unspecified atom stereocenters. The summed E-state index contributed by atoms with van der Waals surface area (Å²) in [7, 11) is 0. The van der Waals surface area contributed by atoms with Crippen LogP contribution < -0.4 is 5.43 Å². The van der Waals surface area contributed by atoms with Crippen molar-refractivity contribution in [2.24, 2.45) is 5.10 Å². The van der Waals surface area contributed by atoms with E-state index in [-0.39, 0.29) is 0 Å². The summed E-state index contributed by atoms with van der Waals surface area (Å²) < 4.78 is 0. The van der Waals surface area contributed by atoms with Crippen molar-refractivity contribution in [3.63, 3.8) is 0 Å². The molecule has 3 aromatic rings. The van der Waals surface area contributed by atoms with Gasteiger partial charge in [0.1, 0.15) is 5.71 Å². The van der Waals surface area contributed by atoms with Crippen molar-refractivity contribution in [1.29, 1.82) is 0 Å². The Morgan fingerprint density at radius 2 is 1.83 bits per heavy atom. The zero-order valence-electron chi connectivity index (χ0n) is 12.4. The number of nitrogens with zero attached hydrogens (tertiary/aromatic N) is 4. The molecule has 114 valence electrons. The first-order chi connectivity index (χ1) is 11.2. The van der Waals surface area contributed by atoms with E-state index in [2.05, 4.69) is 25.7 Å². The highest BCUT2D eigenvalue weighted by Gasteiger charge is 2.09. The maximum atomic E-state index is 5.82. The van der Waals surface area contributed by atoms with Crippen LogP contribution in [0.2, 0.25) is 5.15 Å². The summed E-state index contributed by atoms with van der Waals surface area (Å²) in [4.78, 5) is 4.38. The SMILES string of the molecule is Cc1cc(Cl)nnc1N/N=C(/c1ccccc1)c1ccccn1. The number of hydrogen-bond acceptors (Lipinski definition) is 5. The summed E-state index contributed by atoms with van der Waals surface area (Å²) in [6.07, 6.45) is 1.74. The van der Waals surface area contributed by atoms with Crippen LogP contribution in [0.25, 0.3) is 0 Å². The van der Waals surface area contributed by atoms with Gasteiger partial charge in [0.25, 0.3) is 0 Å². The van der Waals surface area contributed by atoms with E-state index < -0.39 is 0 Å². The number of benzene rings is 1. The largest absolute Gasteiger partial charge is 0.259 e.